The highest BCUT2D eigenvalue weighted by Crippen LogP contribution is 2.25. The first-order chi connectivity index (χ1) is 8.82. The number of aromatic nitrogens is 2. The van der Waals surface area contributed by atoms with E-state index in [0.29, 0.717) is 23.7 Å². The average Bonchev–Trinajstić information content (AvgIpc) is 2.61. The quantitative estimate of drug-likeness (QED) is 0.841. The fraction of sp³-hybridized carbons (Fsp3) is 0.769. The summed E-state index contributed by atoms with van der Waals surface area (Å²) in [4.78, 5) is 0. The molecule has 6 heteroatoms. The van der Waals surface area contributed by atoms with Crippen molar-refractivity contribution in [2.24, 2.45) is 7.05 Å². The lowest BCUT2D eigenvalue weighted by atomic mass is 10.1. The van der Waals surface area contributed by atoms with E-state index in [0.717, 1.165) is 23.4 Å². The Morgan fingerprint density at radius 2 is 2.05 bits per heavy atom. The first kappa shape index (κ1) is 16.7. The molecule has 0 radical (unpaired) electrons. The lowest BCUT2D eigenvalue weighted by Crippen LogP contribution is -2.27. The zero-order valence-electron chi connectivity index (χ0n) is 12.4. The van der Waals surface area contributed by atoms with Crippen LogP contribution >= 0.6 is 11.6 Å². The van der Waals surface area contributed by atoms with Crippen LogP contribution in [0, 0.1) is 0 Å². The van der Waals surface area contributed by atoms with Crippen molar-refractivity contribution < 1.29 is 4.21 Å². The third-order valence-electron chi connectivity index (χ3n) is 3.11. The molecule has 0 aliphatic carbocycles. The third kappa shape index (κ3) is 4.89. The molecule has 0 aliphatic rings. The van der Waals surface area contributed by atoms with E-state index in [1.165, 1.54) is 0 Å². The van der Waals surface area contributed by atoms with Crippen LogP contribution in [0.3, 0.4) is 0 Å². The normalized spacial score (nSPS) is 14.9. The highest BCUT2D eigenvalue weighted by molar-refractivity contribution is 7.84. The van der Waals surface area contributed by atoms with Crippen LogP contribution in [-0.4, -0.2) is 32.0 Å². The van der Waals surface area contributed by atoms with Gasteiger partial charge in [0.2, 0.25) is 0 Å². The summed E-state index contributed by atoms with van der Waals surface area (Å²) >= 11 is 6.28. The largest absolute Gasteiger partial charge is 0.310 e. The summed E-state index contributed by atoms with van der Waals surface area (Å²) in [6, 6.07) is 0.320. The fourth-order valence-electron chi connectivity index (χ4n) is 1.92. The predicted molar refractivity (Wildman–Crippen MR) is 82.2 cm³/mol. The van der Waals surface area contributed by atoms with Crippen LogP contribution < -0.4 is 5.32 Å². The Morgan fingerprint density at radius 3 is 2.58 bits per heavy atom. The van der Waals surface area contributed by atoms with Crippen LogP contribution in [0.25, 0.3) is 0 Å². The molecule has 0 aromatic carbocycles. The van der Waals surface area contributed by atoms with Crippen LogP contribution in [0.2, 0.25) is 5.15 Å². The van der Waals surface area contributed by atoms with Crippen LogP contribution in [0.5, 0.6) is 0 Å². The van der Waals surface area contributed by atoms with Gasteiger partial charge < -0.3 is 5.32 Å². The van der Waals surface area contributed by atoms with E-state index in [1.807, 2.05) is 7.05 Å². The molecule has 2 atom stereocenters. The Hall–Kier alpha value is -0.390. The van der Waals surface area contributed by atoms with Gasteiger partial charge in [-0.3, -0.25) is 8.89 Å². The molecule has 1 aromatic heterocycles. The van der Waals surface area contributed by atoms with Crippen molar-refractivity contribution in [1.29, 1.82) is 0 Å². The van der Waals surface area contributed by atoms with Gasteiger partial charge in [0.25, 0.3) is 0 Å². The summed E-state index contributed by atoms with van der Waals surface area (Å²) in [5, 5.41) is 8.59. The van der Waals surface area contributed by atoms with Crippen LogP contribution in [0.4, 0.5) is 0 Å². The molecular weight excluding hydrogens is 282 g/mol. The van der Waals surface area contributed by atoms with Gasteiger partial charge in [-0.05, 0) is 19.3 Å². The van der Waals surface area contributed by atoms with E-state index in [-0.39, 0.29) is 0 Å². The Kier molecular flexibility index (Phi) is 6.50. The number of aryl methyl sites for hydroxylation is 1. The number of halogens is 1. The van der Waals surface area contributed by atoms with Gasteiger partial charge in [0, 0.05) is 48.0 Å². The standard InChI is InChI=1S/C13H24ClN3OS/c1-9(2)12-11(13(14)17(4)16-12)8-15-10(3)6-7-19(5)18/h9-10,15H,6-8H2,1-5H3/t10-,19-/m1/s1. The van der Waals surface area contributed by atoms with Gasteiger partial charge in [0.1, 0.15) is 5.15 Å². The summed E-state index contributed by atoms with van der Waals surface area (Å²) in [6.07, 6.45) is 2.64. The Balaban J connectivity index is 2.64. The van der Waals surface area contributed by atoms with Gasteiger partial charge in [-0.25, -0.2) is 0 Å². The molecule has 1 rings (SSSR count). The van der Waals surface area contributed by atoms with E-state index in [1.54, 1.807) is 10.9 Å². The van der Waals surface area contributed by atoms with Crippen molar-refractivity contribution in [2.75, 3.05) is 12.0 Å². The molecular formula is C13H24ClN3OS. The minimum atomic E-state index is -0.729. The van der Waals surface area contributed by atoms with E-state index < -0.39 is 10.8 Å². The highest BCUT2D eigenvalue weighted by atomic mass is 35.5. The molecule has 110 valence electrons. The van der Waals surface area contributed by atoms with E-state index in [4.69, 9.17) is 11.6 Å². The van der Waals surface area contributed by atoms with Crippen molar-refractivity contribution >= 4 is 22.4 Å². The molecule has 0 unspecified atom stereocenters. The molecule has 0 bridgehead atoms. The SMILES string of the molecule is CC(C)c1nn(C)c(Cl)c1CN[C@H](C)CC[S@@](C)=O. The zero-order chi connectivity index (χ0) is 14.6. The lowest BCUT2D eigenvalue weighted by molar-refractivity contribution is 0.532. The smallest absolute Gasteiger partial charge is 0.131 e. The second-order valence-corrected chi connectivity index (χ2v) is 7.19. The number of hydrogen-bond acceptors (Lipinski definition) is 3. The number of hydrogen-bond donors (Lipinski definition) is 1. The van der Waals surface area contributed by atoms with E-state index in [2.05, 4.69) is 31.2 Å². The van der Waals surface area contributed by atoms with Crippen LogP contribution in [-0.2, 0) is 24.4 Å². The molecule has 0 saturated heterocycles. The summed E-state index contributed by atoms with van der Waals surface area (Å²) in [7, 11) is 1.13. The van der Waals surface area contributed by atoms with Gasteiger partial charge in [-0.2, -0.15) is 5.10 Å². The zero-order valence-corrected chi connectivity index (χ0v) is 13.9. The number of nitrogens with zero attached hydrogens (tertiary/aromatic N) is 2. The number of rotatable bonds is 7. The van der Waals surface area contributed by atoms with E-state index in [9.17, 15) is 4.21 Å². The average molecular weight is 306 g/mol. The summed E-state index contributed by atoms with van der Waals surface area (Å²) in [5.74, 6) is 1.08. The molecule has 1 aromatic rings. The maximum Gasteiger partial charge on any atom is 0.131 e. The van der Waals surface area contributed by atoms with Gasteiger partial charge in [-0.1, -0.05) is 25.4 Å². The topological polar surface area (TPSA) is 46.9 Å². The second-order valence-electron chi connectivity index (χ2n) is 5.28. The molecule has 4 nitrogen and oxygen atoms in total. The Labute approximate surface area is 123 Å². The molecule has 0 spiro atoms. The monoisotopic (exact) mass is 305 g/mol. The van der Waals surface area contributed by atoms with Crippen LogP contribution in [0.15, 0.2) is 0 Å². The summed E-state index contributed by atoms with van der Waals surface area (Å²) < 4.78 is 12.8. The van der Waals surface area contributed by atoms with Gasteiger partial charge in [0.05, 0.1) is 5.69 Å². The van der Waals surface area contributed by atoms with Crippen LogP contribution in [0.1, 0.15) is 44.4 Å². The van der Waals surface area contributed by atoms with Gasteiger partial charge in [-0.15, -0.1) is 0 Å². The van der Waals surface area contributed by atoms with Gasteiger partial charge in [0.15, 0.2) is 0 Å². The molecule has 1 heterocycles. The maximum atomic E-state index is 11.1. The van der Waals surface area contributed by atoms with Crippen molar-refractivity contribution in [2.45, 2.75) is 45.7 Å². The first-order valence-electron chi connectivity index (χ1n) is 6.57. The molecule has 0 fully saturated rings. The number of nitrogens with one attached hydrogen (secondary N) is 1. The van der Waals surface area contributed by atoms with E-state index >= 15 is 0 Å². The molecule has 19 heavy (non-hydrogen) atoms. The highest BCUT2D eigenvalue weighted by Gasteiger charge is 2.17. The molecule has 1 N–H and O–H groups in total. The fourth-order valence-corrected chi connectivity index (χ4v) is 2.80. The minimum absolute atomic E-state index is 0.320. The Bertz CT molecular complexity index is 445. The van der Waals surface area contributed by atoms with Crippen molar-refractivity contribution in [1.82, 2.24) is 15.1 Å². The molecule has 0 aliphatic heterocycles. The Morgan fingerprint density at radius 1 is 1.42 bits per heavy atom. The second kappa shape index (κ2) is 7.41. The summed E-state index contributed by atoms with van der Waals surface area (Å²) in [6.45, 7) is 7.04. The lowest BCUT2D eigenvalue weighted by Gasteiger charge is -2.14. The van der Waals surface area contributed by atoms with Crippen molar-refractivity contribution in [3.8, 4) is 0 Å². The molecule has 0 saturated carbocycles. The third-order valence-corrected chi connectivity index (χ3v) is 4.40. The van der Waals surface area contributed by atoms with Gasteiger partial charge >= 0.3 is 0 Å². The first-order valence-corrected chi connectivity index (χ1v) is 8.68. The predicted octanol–water partition coefficient (Wildman–Crippen LogP) is 2.44. The maximum absolute atomic E-state index is 11.1. The summed E-state index contributed by atoms with van der Waals surface area (Å²) in [5.41, 5.74) is 2.12. The van der Waals surface area contributed by atoms with Crippen molar-refractivity contribution in [3.05, 3.63) is 16.4 Å². The minimum Gasteiger partial charge on any atom is -0.310 e. The van der Waals surface area contributed by atoms with Crippen molar-refractivity contribution in [3.63, 3.8) is 0 Å². The molecule has 0 amide bonds.